The Labute approximate surface area is 199 Å². The van der Waals surface area contributed by atoms with Crippen LogP contribution in [0.3, 0.4) is 0 Å². The molecule has 1 unspecified atom stereocenters. The van der Waals surface area contributed by atoms with Crippen LogP contribution >= 0.6 is 0 Å². The maximum atomic E-state index is 6.30. The van der Waals surface area contributed by atoms with E-state index in [4.69, 9.17) is 18.0 Å². The summed E-state index contributed by atoms with van der Waals surface area (Å²) >= 11 is 0. The van der Waals surface area contributed by atoms with Crippen LogP contribution in [0.4, 0.5) is 0 Å². The van der Waals surface area contributed by atoms with E-state index < -0.39 is 8.80 Å². The average Bonchev–Trinajstić information content (AvgIpc) is 2.82. The van der Waals surface area contributed by atoms with Crippen molar-refractivity contribution in [3.05, 3.63) is 0 Å². The van der Waals surface area contributed by atoms with Crippen LogP contribution in [-0.4, -0.2) is 115 Å². The fraction of sp³-hybridized carbons (Fsp3) is 1.00. The molecule has 8 heteroatoms. The number of piperazine rings is 1. The van der Waals surface area contributed by atoms with E-state index >= 15 is 0 Å². The van der Waals surface area contributed by atoms with E-state index in [0.717, 1.165) is 58.8 Å². The monoisotopic (exact) mass is 473 g/mol. The third kappa shape index (κ3) is 9.66. The summed E-state index contributed by atoms with van der Waals surface area (Å²) in [5, 5.41) is 0. The van der Waals surface area contributed by atoms with Gasteiger partial charge in [-0.25, -0.2) is 0 Å². The van der Waals surface area contributed by atoms with E-state index in [1.165, 1.54) is 45.4 Å². The first-order valence-corrected chi connectivity index (χ1v) is 15.1. The number of nitrogens with zero attached hydrogens (tertiary/aromatic N) is 3. The van der Waals surface area contributed by atoms with Gasteiger partial charge in [-0.15, -0.1) is 0 Å². The maximum Gasteiger partial charge on any atom is 0.504 e. The zero-order chi connectivity index (χ0) is 23.1. The quantitative estimate of drug-likeness (QED) is 0.237. The second-order valence-electron chi connectivity index (χ2n) is 9.02. The van der Waals surface area contributed by atoms with E-state index in [2.05, 4.69) is 42.4 Å². The van der Waals surface area contributed by atoms with Gasteiger partial charge in [0.05, 0.1) is 13.2 Å². The Kier molecular flexibility index (Phi) is 14.6. The molecule has 2 aliphatic rings. The highest BCUT2D eigenvalue weighted by Gasteiger charge is 2.48. The maximum absolute atomic E-state index is 6.30. The van der Waals surface area contributed by atoms with E-state index in [1.807, 2.05) is 0 Å². The Morgan fingerprint density at radius 3 is 1.66 bits per heavy atom. The number of hydrogen-bond donors (Lipinski definition) is 0. The Hall–Kier alpha value is -0.0631. The largest absolute Gasteiger partial charge is 0.504 e. The van der Waals surface area contributed by atoms with Crippen molar-refractivity contribution in [2.75, 3.05) is 91.9 Å². The van der Waals surface area contributed by atoms with Crippen LogP contribution in [0.15, 0.2) is 0 Å². The number of morpholine rings is 1. The minimum atomic E-state index is -2.66. The summed E-state index contributed by atoms with van der Waals surface area (Å²) in [6.45, 7) is 22.6. The summed E-state index contributed by atoms with van der Waals surface area (Å²) in [5.74, 6) is 0. The van der Waals surface area contributed by atoms with E-state index in [0.29, 0.717) is 25.4 Å². The van der Waals surface area contributed by atoms with Crippen LogP contribution in [0.1, 0.15) is 59.8 Å². The van der Waals surface area contributed by atoms with Crippen LogP contribution in [-0.2, 0) is 18.0 Å². The number of rotatable bonds is 17. The zero-order valence-electron chi connectivity index (χ0n) is 21.5. The molecule has 0 aromatic carbocycles. The Morgan fingerprint density at radius 1 is 0.656 bits per heavy atom. The summed E-state index contributed by atoms with van der Waals surface area (Å²) < 4.78 is 24.4. The lowest BCUT2D eigenvalue weighted by atomic mass is 10.1. The number of ether oxygens (including phenoxy) is 1. The van der Waals surface area contributed by atoms with E-state index in [-0.39, 0.29) is 0 Å². The van der Waals surface area contributed by atoms with Crippen molar-refractivity contribution in [2.45, 2.75) is 65.3 Å². The zero-order valence-corrected chi connectivity index (χ0v) is 22.5. The molecule has 7 nitrogen and oxygen atoms in total. The topological polar surface area (TPSA) is 46.6 Å². The molecule has 32 heavy (non-hydrogen) atoms. The molecule has 0 bridgehead atoms. The van der Waals surface area contributed by atoms with Crippen LogP contribution in [0.25, 0.3) is 0 Å². The standard InChI is InChI=1S/C24H51N3O4Si/c1-5-9-10-11-24(32(29-6-2,30-7-3)31-8-4)12-13-25-14-16-26(17-15-25)18-19-27-20-22-28-23-21-27/h24H,5-23H2,1-4H3. The van der Waals surface area contributed by atoms with Crippen molar-refractivity contribution in [1.82, 2.24) is 14.7 Å². The minimum Gasteiger partial charge on any atom is -0.379 e. The molecule has 2 heterocycles. The first kappa shape index (κ1) is 28.2. The van der Waals surface area contributed by atoms with Gasteiger partial charge in [-0.1, -0.05) is 26.2 Å². The predicted molar refractivity (Wildman–Crippen MR) is 133 cm³/mol. The fourth-order valence-corrected chi connectivity index (χ4v) is 8.11. The van der Waals surface area contributed by atoms with Crippen molar-refractivity contribution < 1.29 is 18.0 Å². The van der Waals surface area contributed by atoms with Gasteiger partial charge in [0.25, 0.3) is 0 Å². The van der Waals surface area contributed by atoms with Gasteiger partial charge >= 0.3 is 8.80 Å². The SMILES string of the molecule is CCCCCC(CCN1CCN(CCN2CCOCC2)CC1)[Si](OCC)(OCC)OCC. The lowest BCUT2D eigenvalue weighted by Gasteiger charge is -2.39. The molecule has 0 radical (unpaired) electrons. The third-order valence-corrected chi connectivity index (χ3v) is 10.4. The second-order valence-corrected chi connectivity index (χ2v) is 11.9. The second kappa shape index (κ2) is 16.5. The van der Waals surface area contributed by atoms with Crippen LogP contribution in [0, 0.1) is 0 Å². The molecule has 0 aromatic heterocycles. The van der Waals surface area contributed by atoms with E-state index in [1.54, 1.807) is 0 Å². The highest BCUT2D eigenvalue weighted by molar-refractivity contribution is 6.62. The molecular formula is C24H51N3O4Si. The molecule has 0 saturated carbocycles. The normalized spacial score (nSPS) is 20.6. The van der Waals surface area contributed by atoms with Gasteiger partial charge in [0.15, 0.2) is 0 Å². The highest BCUT2D eigenvalue weighted by atomic mass is 28.4. The smallest absolute Gasteiger partial charge is 0.379 e. The summed E-state index contributed by atoms with van der Waals surface area (Å²) in [7, 11) is -2.66. The first-order chi connectivity index (χ1) is 15.7. The summed E-state index contributed by atoms with van der Waals surface area (Å²) in [6, 6.07) is 0. The third-order valence-electron chi connectivity index (χ3n) is 6.79. The Morgan fingerprint density at radius 2 is 1.16 bits per heavy atom. The fourth-order valence-electron chi connectivity index (χ4n) is 4.90. The lowest BCUT2D eigenvalue weighted by Crippen LogP contribution is -2.52. The average molecular weight is 474 g/mol. The van der Waals surface area contributed by atoms with Gasteiger partial charge in [0.1, 0.15) is 0 Å². The molecule has 1 atom stereocenters. The molecule has 0 N–H and O–H groups in total. The van der Waals surface area contributed by atoms with Crippen molar-refractivity contribution in [3.63, 3.8) is 0 Å². The Bertz CT molecular complexity index is 444. The van der Waals surface area contributed by atoms with Crippen molar-refractivity contribution >= 4 is 8.80 Å². The molecule has 0 amide bonds. The van der Waals surface area contributed by atoms with Crippen LogP contribution < -0.4 is 0 Å². The van der Waals surface area contributed by atoms with Gasteiger partial charge in [0, 0.05) is 77.7 Å². The predicted octanol–water partition coefficient (Wildman–Crippen LogP) is 3.33. The summed E-state index contributed by atoms with van der Waals surface area (Å²) in [5.41, 5.74) is 0.397. The summed E-state index contributed by atoms with van der Waals surface area (Å²) in [4.78, 5) is 7.81. The molecule has 0 aliphatic carbocycles. The number of hydrogen-bond acceptors (Lipinski definition) is 7. The molecule has 0 spiro atoms. The van der Waals surface area contributed by atoms with E-state index in [9.17, 15) is 0 Å². The highest BCUT2D eigenvalue weighted by Crippen LogP contribution is 2.34. The number of unbranched alkanes of at least 4 members (excludes halogenated alkanes) is 2. The van der Waals surface area contributed by atoms with Gasteiger partial charge in [-0.05, 0) is 40.2 Å². The van der Waals surface area contributed by atoms with Crippen LogP contribution in [0.5, 0.6) is 0 Å². The Balaban J connectivity index is 1.83. The van der Waals surface area contributed by atoms with Gasteiger partial charge in [-0.3, -0.25) is 9.80 Å². The van der Waals surface area contributed by atoms with Crippen molar-refractivity contribution in [2.24, 2.45) is 0 Å². The van der Waals surface area contributed by atoms with Crippen LogP contribution in [0.2, 0.25) is 5.54 Å². The minimum absolute atomic E-state index is 0.397. The first-order valence-electron chi connectivity index (χ1n) is 13.3. The molecule has 0 aromatic rings. The van der Waals surface area contributed by atoms with Gasteiger partial charge in [0.2, 0.25) is 0 Å². The molecular weight excluding hydrogens is 422 g/mol. The summed E-state index contributed by atoms with van der Waals surface area (Å²) in [6.07, 6.45) is 6.01. The molecule has 190 valence electrons. The molecule has 2 fully saturated rings. The van der Waals surface area contributed by atoms with Gasteiger partial charge in [-0.2, -0.15) is 0 Å². The molecule has 2 rings (SSSR count). The van der Waals surface area contributed by atoms with Crippen molar-refractivity contribution in [1.29, 1.82) is 0 Å². The van der Waals surface area contributed by atoms with Gasteiger partial charge < -0.3 is 22.9 Å². The van der Waals surface area contributed by atoms with Crippen molar-refractivity contribution in [3.8, 4) is 0 Å². The lowest BCUT2D eigenvalue weighted by molar-refractivity contribution is 0.0295. The molecule has 2 aliphatic heterocycles. The molecule has 2 saturated heterocycles.